The summed E-state index contributed by atoms with van der Waals surface area (Å²) in [5.41, 5.74) is 4.48. The Labute approximate surface area is 175 Å². The van der Waals surface area contributed by atoms with E-state index in [1.165, 1.54) is 23.3 Å². The normalized spacial score (nSPS) is 11.3. The molecular weight excluding hydrogens is 456 g/mol. The smallest absolute Gasteiger partial charge is 0.190 e. The van der Waals surface area contributed by atoms with Crippen LogP contribution in [-0.4, -0.2) is 36.1 Å². The maximum Gasteiger partial charge on any atom is 0.190 e. The lowest BCUT2D eigenvalue weighted by molar-refractivity contribution is 0.629. The number of hydrogen-bond acceptors (Lipinski definition) is 2. The molecule has 3 rings (SSSR count). The second kappa shape index (κ2) is 10.2. The number of H-pyrrole nitrogens is 1. The van der Waals surface area contributed by atoms with Crippen molar-refractivity contribution in [2.45, 2.75) is 19.8 Å². The molecule has 0 aliphatic heterocycles. The molecule has 7 heteroatoms. The Morgan fingerprint density at radius 1 is 1.15 bits per heavy atom. The number of benzene rings is 1. The largest absolute Gasteiger partial charge is 0.361 e. The molecule has 0 spiro atoms. The van der Waals surface area contributed by atoms with Crippen molar-refractivity contribution < 1.29 is 4.39 Å². The van der Waals surface area contributed by atoms with E-state index in [-0.39, 0.29) is 29.8 Å². The van der Waals surface area contributed by atoms with Crippen LogP contribution in [0.25, 0.3) is 10.9 Å². The molecule has 0 saturated carbocycles. The first-order valence-corrected chi connectivity index (χ1v) is 8.77. The molecule has 3 N–H and O–H groups in total. The lowest BCUT2D eigenvalue weighted by Gasteiger charge is -2.12. The molecule has 0 amide bonds. The second-order valence-corrected chi connectivity index (χ2v) is 6.23. The van der Waals surface area contributed by atoms with Crippen molar-refractivity contribution in [1.82, 2.24) is 20.6 Å². The minimum Gasteiger partial charge on any atom is -0.361 e. The minimum atomic E-state index is -0.224. The summed E-state index contributed by atoms with van der Waals surface area (Å²) in [7, 11) is 1.77. The highest BCUT2D eigenvalue weighted by Gasteiger charge is 2.05. The van der Waals surface area contributed by atoms with E-state index in [1.807, 2.05) is 30.7 Å². The van der Waals surface area contributed by atoms with Crippen LogP contribution in [0, 0.1) is 12.7 Å². The third kappa shape index (κ3) is 5.66. The van der Waals surface area contributed by atoms with E-state index >= 15 is 0 Å². The van der Waals surface area contributed by atoms with Gasteiger partial charge < -0.3 is 15.6 Å². The standard InChI is InChI=1S/C20H24FN5.HI/c1-14-12-23-8-5-15(14)6-9-24-20(22-2)25-10-7-16-13-26-19-11-17(21)3-4-18(16)19;/h3-5,8,11-13,26H,6-7,9-10H2,1-2H3,(H2,22,24,25);1H. The number of nitrogens with zero attached hydrogens (tertiary/aromatic N) is 2. The summed E-state index contributed by atoms with van der Waals surface area (Å²) in [5.74, 6) is 0.556. The maximum absolute atomic E-state index is 13.3. The monoisotopic (exact) mass is 481 g/mol. The van der Waals surface area contributed by atoms with Gasteiger partial charge in [-0.25, -0.2) is 4.39 Å². The quantitative estimate of drug-likeness (QED) is 0.287. The number of aromatic amines is 1. The zero-order valence-electron chi connectivity index (χ0n) is 15.6. The van der Waals surface area contributed by atoms with Crippen LogP contribution in [0.5, 0.6) is 0 Å². The topological polar surface area (TPSA) is 65.1 Å². The van der Waals surface area contributed by atoms with Gasteiger partial charge in [0.25, 0.3) is 0 Å². The highest BCUT2D eigenvalue weighted by Crippen LogP contribution is 2.19. The van der Waals surface area contributed by atoms with E-state index in [0.717, 1.165) is 48.4 Å². The summed E-state index contributed by atoms with van der Waals surface area (Å²) >= 11 is 0. The molecule has 0 saturated heterocycles. The Hall–Kier alpha value is -2.16. The SMILES string of the molecule is CN=C(NCCc1ccncc1C)NCCc1c[nH]c2cc(F)ccc12.I. The van der Waals surface area contributed by atoms with Gasteiger partial charge in [0.2, 0.25) is 0 Å². The van der Waals surface area contributed by atoms with Gasteiger partial charge in [-0.3, -0.25) is 9.98 Å². The van der Waals surface area contributed by atoms with Gasteiger partial charge in [0.1, 0.15) is 5.82 Å². The third-order valence-corrected chi connectivity index (χ3v) is 4.46. The van der Waals surface area contributed by atoms with Crippen molar-refractivity contribution in [2.24, 2.45) is 4.99 Å². The predicted octanol–water partition coefficient (Wildman–Crippen LogP) is 3.58. The number of pyridine rings is 1. The number of halogens is 2. The van der Waals surface area contributed by atoms with Crippen molar-refractivity contribution in [1.29, 1.82) is 0 Å². The number of aryl methyl sites for hydroxylation is 1. The molecule has 2 aromatic heterocycles. The van der Waals surface area contributed by atoms with Crippen molar-refractivity contribution in [2.75, 3.05) is 20.1 Å². The third-order valence-electron chi connectivity index (χ3n) is 4.46. The Balaban J connectivity index is 0.00000261. The van der Waals surface area contributed by atoms with Crippen LogP contribution < -0.4 is 10.6 Å². The Bertz CT molecular complexity index is 906. The van der Waals surface area contributed by atoms with E-state index in [2.05, 4.69) is 32.5 Å². The minimum absolute atomic E-state index is 0. The molecule has 2 heterocycles. The summed E-state index contributed by atoms with van der Waals surface area (Å²) in [4.78, 5) is 11.5. The predicted molar refractivity (Wildman–Crippen MR) is 119 cm³/mol. The summed E-state index contributed by atoms with van der Waals surface area (Å²) in [5, 5.41) is 7.71. The first-order chi connectivity index (χ1) is 12.7. The van der Waals surface area contributed by atoms with Gasteiger partial charge in [-0.1, -0.05) is 0 Å². The van der Waals surface area contributed by atoms with Gasteiger partial charge >= 0.3 is 0 Å². The molecule has 0 aliphatic carbocycles. The molecule has 0 bridgehead atoms. The average Bonchev–Trinajstić information content (AvgIpc) is 3.04. The highest BCUT2D eigenvalue weighted by atomic mass is 127. The summed E-state index contributed by atoms with van der Waals surface area (Å²) < 4.78 is 13.3. The number of nitrogens with one attached hydrogen (secondary N) is 3. The molecule has 3 aromatic rings. The first-order valence-electron chi connectivity index (χ1n) is 8.77. The van der Waals surface area contributed by atoms with Crippen LogP contribution >= 0.6 is 24.0 Å². The number of guanidine groups is 1. The number of aliphatic imine (C=N–C) groups is 1. The van der Waals surface area contributed by atoms with Crippen molar-refractivity contribution in [3.05, 3.63) is 65.4 Å². The lowest BCUT2D eigenvalue weighted by atomic mass is 10.1. The van der Waals surface area contributed by atoms with Gasteiger partial charge in [-0.05, 0) is 60.7 Å². The van der Waals surface area contributed by atoms with Gasteiger partial charge in [-0.15, -0.1) is 24.0 Å². The zero-order chi connectivity index (χ0) is 18.4. The second-order valence-electron chi connectivity index (χ2n) is 6.23. The van der Waals surface area contributed by atoms with Crippen molar-refractivity contribution in [3.8, 4) is 0 Å². The number of aromatic nitrogens is 2. The summed E-state index contributed by atoms with van der Waals surface area (Å²) in [6, 6.07) is 6.89. The highest BCUT2D eigenvalue weighted by molar-refractivity contribution is 14.0. The van der Waals surface area contributed by atoms with Gasteiger partial charge in [-0.2, -0.15) is 0 Å². The molecule has 1 aromatic carbocycles. The van der Waals surface area contributed by atoms with E-state index in [1.54, 1.807) is 7.05 Å². The fourth-order valence-corrected chi connectivity index (χ4v) is 3.00. The Morgan fingerprint density at radius 3 is 2.59 bits per heavy atom. The zero-order valence-corrected chi connectivity index (χ0v) is 17.9. The maximum atomic E-state index is 13.3. The molecule has 0 atom stereocenters. The van der Waals surface area contributed by atoms with Crippen LogP contribution in [0.3, 0.4) is 0 Å². The van der Waals surface area contributed by atoms with E-state index < -0.39 is 0 Å². The number of rotatable bonds is 6. The summed E-state index contributed by atoms with van der Waals surface area (Å²) in [6.07, 6.45) is 7.39. The molecule has 0 radical (unpaired) electrons. The fourth-order valence-electron chi connectivity index (χ4n) is 3.00. The van der Waals surface area contributed by atoms with Crippen LogP contribution in [0.1, 0.15) is 16.7 Å². The van der Waals surface area contributed by atoms with Crippen LogP contribution in [0.2, 0.25) is 0 Å². The average molecular weight is 481 g/mol. The molecule has 144 valence electrons. The first kappa shape index (κ1) is 21.1. The van der Waals surface area contributed by atoms with Crippen LogP contribution in [-0.2, 0) is 12.8 Å². The molecule has 0 unspecified atom stereocenters. The van der Waals surface area contributed by atoms with Gasteiger partial charge in [0.05, 0.1) is 0 Å². The lowest BCUT2D eigenvalue weighted by Crippen LogP contribution is -2.39. The molecule has 5 nitrogen and oxygen atoms in total. The van der Waals surface area contributed by atoms with E-state index in [9.17, 15) is 4.39 Å². The van der Waals surface area contributed by atoms with E-state index in [0.29, 0.717) is 0 Å². The fraction of sp³-hybridized carbons (Fsp3) is 0.300. The molecular formula is C20H25FIN5. The summed E-state index contributed by atoms with van der Waals surface area (Å²) in [6.45, 7) is 3.62. The Kier molecular flexibility index (Phi) is 8.02. The van der Waals surface area contributed by atoms with Crippen LogP contribution in [0.15, 0.2) is 47.8 Å². The van der Waals surface area contributed by atoms with Crippen molar-refractivity contribution >= 4 is 40.8 Å². The number of hydrogen-bond donors (Lipinski definition) is 3. The molecule has 0 aliphatic rings. The van der Waals surface area contributed by atoms with E-state index in [4.69, 9.17) is 0 Å². The van der Waals surface area contributed by atoms with Gasteiger partial charge in [0.15, 0.2) is 5.96 Å². The van der Waals surface area contributed by atoms with Gasteiger partial charge in [0, 0.05) is 49.6 Å². The molecule has 0 fully saturated rings. The van der Waals surface area contributed by atoms with Crippen molar-refractivity contribution in [3.63, 3.8) is 0 Å². The Morgan fingerprint density at radius 2 is 1.89 bits per heavy atom. The molecule has 27 heavy (non-hydrogen) atoms. The number of fused-ring (bicyclic) bond motifs is 1. The van der Waals surface area contributed by atoms with Crippen LogP contribution in [0.4, 0.5) is 4.39 Å².